The molecule has 1 fully saturated rings. The van der Waals surface area contributed by atoms with Crippen molar-refractivity contribution in [2.75, 3.05) is 19.6 Å². The van der Waals surface area contributed by atoms with E-state index in [1.807, 2.05) is 20.0 Å². The monoisotopic (exact) mass is 196 g/mol. The second-order valence-electron chi connectivity index (χ2n) is 3.61. The largest absolute Gasteiger partial charge is 0.377 e. The van der Waals surface area contributed by atoms with Crippen molar-refractivity contribution in [1.82, 2.24) is 10.2 Å². The second-order valence-corrected chi connectivity index (χ2v) is 3.61. The molecule has 1 amide bonds. The zero-order chi connectivity index (χ0) is 10.4. The minimum Gasteiger partial charge on any atom is -0.377 e. The van der Waals surface area contributed by atoms with Crippen molar-refractivity contribution in [2.24, 2.45) is 0 Å². The summed E-state index contributed by atoms with van der Waals surface area (Å²) in [4.78, 5) is 13.8. The molecule has 1 rings (SSSR count). The number of likely N-dealkylation sites (tertiary alicyclic amines) is 1. The van der Waals surface area contributed by atoms with E-state index in [9.17, 15) is 4.79 Å². The maximum Gasteiger partial charge on any atom is 0.248 e. The number of carbonyl (C=O) groups excluding carboxylic acids is 1. The van der Waals surface area contributed by atoms with Gasteiger partial charge in [-0.3, -0.25) is 4.79 Å². The molecule has 1 aliphatic heterocycles. The molecule has 0 aromatic heterocycles. The maximum absolute atomic E-state index is 11.6. The van der Waals surface area contributed by atoms with Gasteiger partial charge in [0.05, 0.1) is 0 Å². The van der Waals surface area contributed by atoms with Gasteiger partial charge in [0.1, 0.15) is 0 Å². The van der Waals surface area contributed by atoms with Gasteiger partial charge in [0, 0.05) is 31.4 Å². The highest BCUT2D eigenvalue weighted by Crippen LogP contribution is 2.11. The van der Waals surface area contributed by atoms with E-state index in [2.05, 4.69) is 10.2 Å². The molecule has 80 valence electrons. The van der Waals surface area contributed by atoms with Crippen LogP contribution in [0, 0.1) is 0 Å². The quantitative estimate of drug-likeness (QED) is 0.691. The summed E-state index contributed by atoms with van der Waals surface area (Å²) in [6, 6.07) is 0. The van der Waals surface area contributed by atoms with Crippen LogP contribution >= 0.6 is 0 Å². The van der Waals surface area contributed by atoms with Crippen LogP contribution in [0.15, 0.2) is 11.8 Å². The summed E-state index contributed by atoms with van der Waals surface area (Å²) in [5.41, 5.74) is 0.897. The van der Waals surface area contributed by atoms with Crippen LogP contribution in [0.25, 0.3) is 0 Å². The molecule has 0 aliphatic carbocycles. The Hall–Kier alpha value is -0.990. The van der Waals surface area contributed by atoms with Crippen LogP contribution in [-0.4, -0.2) is 30.4 Å². The maximum atomic E-state index is 11.6. The highest BCUT2D eigenvalue weighted by molar-refractivity contribution is 5.93. The molecule has 3 nitrogen and oxygen atoms in total. The molecule has 0 unspecified atom stereocenters. The van der Waals surface area contributed by atoms with Gasteiger partial charge < -0.3 is 10.2 Å². The minimum absolute atomic E-state index is 0.0851. The number of rotatable bonds is 4. The molecule has 14 heavy (non-hydrogen) atoms. The third-order valence-electron chi connectivity index (χ3n) is 2.49. The van der Waals surface area contributed by atoms with Crippen LogP contribution in [-0.2, 0) is 4.79 Å². The predicted octanol–water partition coefficient (Wildman–Crippen LogP) is 1.51. The molecule has 1 N–H and O–H groups in total. The third kappa shape index (κ3) is 3.05. The first-order chi connectivity index (χ1) is 6.77. The number of nitrogens with one attached hydrogen (secondary N) is 1. The van der Waals surface area contributed by atoms with Crippen molar-refractivity contribution in [3.05, 3.63) is 11.8 Å². The zero-order valence-corrected chi connectivity index (χ0v) is 9.18. The topological polar surface area (TPSA) is 32.3 Å². The van der Waals surface area contributed by atoms with E-state index in [0.29, 0.717) is 6.54 Å². The third-order valence-corrected chi connectivity index (χ3v) is 2.49. The summed E-state index contributed by atoms with van der Waals surface area (Å²) in [6.07, 6.45) is 5.34. The highest BCUT2D eigenvalue weighted by atomic mass is 16.1. The summed E-state index contributed by atoms with van der Waals surface area (Å²) in [5.74, 6) is 0.0851. The summed E-state index contributed by atoms with van der Waals surface area (Å²) in [6.45, 7) is 6.88. The van der Waals surface area contributed by atoms with E-state index >= 15 is 0 Å². The fourth-order valence-corrected chi connectivity index (χ4v) is 1.68. The van der Waals surface area contributed by atoms with Gasteiger partial charge in [-0.15, -0.1) is 0 Å². The van der Waals surface area contributed by atoms with Crippen LogP contribution in [0.4, 0.5) is 0 Å². The van der Waals surface area contributed by atoms with E-state index in [-0.39, 0.29) is 5.91 Å². The average Bonchev–Trinajstić information content (AvgIpc) is 2.66. The van der Waals surface area contributed by atoms with E-state index < -0.39 is 0 Å². The van der Waals surface area contributed by atoms with Gasteiger partial charge >= 0.3 is 0 Å². The molecule has 1 saturated heterocycles. The highest BCUT2D eigenvalue weighted by Gasteiger charge is 2.11. The Balaban J connectivity index is 2.54. The summed E-state index contributed by atoms with van der Waals surface area (Å²) in [7, 11) is 0. The number of nitrogens with zero attached hydrogens (tertiary/aromatic N) is 1. The molecule has 0 aromatic carbocycles. The van der Waals surface area contributed by atoms with E-state index in [0.717, 1.165) is 25.1 Å². The van der Waals surface area contributed by atoms with Crippen LogP contribution in [0.3, 0.4) is 0 Å². The number of carbonyl (C=O) groups is 1. The fraction of sp³-hybridized carbons (Fsp3) is 0.727. The molecular formula is C11H20N2O. The molecule has 0 spiro atoms. The van der Waals surface area contributed by atoms with Gasteiger partial charge in [0.2, 0.25) is 5.91 Å². The van der Waals surface area contributed by atoms with E-state index in [4.69, 9.17) is 0 Å². The average molecular weight is 196 g/mol. The molecule has 0 aromatic rings. The van der Waals surface area contributed by atoms with Gasteiger partial charge in [-0.1, -0.05) is 6.92 Å². The zero-order valence-electron chi connectivity index (χ0n) is 9.18. The van der Waals surface area contributed by atoms with Crippen LogP contribution < -0.4 is 5.32 Å². The lowest BCUT2D eigenvalue weighted by Gasteiger charge is -2.14. The van der Waals surface area contributed by atoms with Gasteiger partial charge in [-0.05, 0) is 26.2 Å². The Bertz CT molecular complexity index is 217. The minimum atomic E-state index is 0.0851. The number of amides is 1. The summed E-state index contributed by atoms with van der Waals surface area (Å²) < 4.78 is 0. The smallest absolute Gasteiger partial charge is 0.248 e. The molecule has 0 bridgehead atoms. The van der Waals surface area contributed by atoms with Crippen molar-refractivity contribution >= 4 is 5.91 Å². The number of likely N-dealkylation sites (N-methyl/N-ethyl adjacent to an activating group) is 1. The molecule has 3 heteroatoms. The van der Waals surface area contributed by atoms with Crippen molar-refractivity contribution in [2.45, 2.75) is 33.1 Å². The normalized spacial score (nSPS) is 17.3. The summed E-state index contributed by atoms with van der Waals surface area (Å²) in [5, 5.41) is 2.84. The molecule has 0 saturated carbocycles. The summed E-state index contributed by atoms with van der Waals surface area (Å²) >= 11 is 0. The lowest BCUT2D eigenvalue weighted by atomic mass is 10.2. The lowest BCUT2D eigenvalue weighted by molar-refractivity contribution is -0.117. The Kier molecular flexibility index (Phi) is 4.50. The van der Waals surface area contributed by atoms with Crippen molar-refractivity contribution in [1.29, 1.82) is 0 Å². The van der Waals surface area contributed by atoms with Gasteiger partial charge in [-0.2, -0.15) is 0 Å². The van der Waals surface area contributed by atoms with E-state index in [1.54, 1.807) is 0 Å². The second kappa shape index (κ2) is 5.68. The Morgan fingerprint density at radius 2 is 2.00 bits per heavy atom. The first kappa shape index (κ1) is 11.1. The molecule has 0 radical (unpaired) electrons. The van der Waals surface area contributed by atoms with Crippen molar-refractivity contribution in [3.63, 3.8) is 0 Å². The van der Waals surface area contributed by atoms with Gasteiger partial charge in [-0.25, -0.2) is 0 Å². The molecule has 1 aliphatic rings. The van der Waals surface area contributed by atoms with Crippen LogP contribution in [0.2, 0.25) is 0 Å². The Labute approximate surface area is 86.2 Å². The molecular weight excluding hydrogens is 176 g/mol. The van der Waals surface area contributed by atoms with E-state index in [1.165, 1.54) is 12.8 Å². The lowest BCUT2D eigenvalue weighted by Crippen LogP contribution is -2.26. The Morgan fingerprint density at radius 3 is 2.50 bits per heavy atom. The van der Waals surface area contributed by atoms with Crippen LogP contribution in [0.1, 0.15) is 33.1 Å². The molecule has 1 heterocycles. The molecule has 0 atom stereocenters. The van der Waals surface area contributed by atoms with Crippen molar-refractivity contribution < 1.29 is 4.79 Å². The fourth-order valence-electron chi connectivity index (χ4n) is 1.68. The Morgan fingerprint density at radius 1 is 1.36 bits per heavy atom. The van der Waals surface area contributed by atoms with Crippen molar-refractivity contribution in [3.8, 4) is 0 Å². The SMILES string of the molecule is CCNC(=O)/C(=C\N1CCCC1)CC. The first-order valence-electron chi connectivity index (χ1n) is 5.50. The first-order valence-corrected chi connectivity index (χ1v) is 5.50. The number of hydrogen-bond acceptors (Lipinski definition) is 2. The predicted molar refractivity (Wildman–Crippen MR) is 57.9 cm³/mol. The van der Waals surface area contributed by atoms with Gasteiger partial charge in [0.15, 0.2) is 0 Å². The van der Waals surface area contributed by atoms with Crippen LogP contribution in [0.5, 0.6) is 0 Å². The number of hydrogen-bond donors (Lipinski definition) is 1. The van der Waals surface area contributed by atoms with Gasteiger partial charge in [0.25, 0.3) is 0 Å². The standard InChI is InChI=1S/C11H20N2O/c1-3-10(11(14)12-4-2)9-13-7-5-6-8-13/h9H,3-8H2,1-2H3,(H,12,14)/b10-9-.